The highest BCUT2D eigenvalue weighted by molar-refractivity contribution is 9.10. The Hall–Kier alpha value is -0.880. The van der Waals surface area contributed by atoms with Crippen LogP contribution in [0.2, 0.25) is 10.0 Å². The first-order valence-corrected chi connectivity index (χ1v) is 7.49. The van der Waals surface area contributed by atoms with E-state index in [1.54, 1.807) is 24.5 Å². The van der Waals surface area contributed by atoms with Crippen molar-refractivity contribution in [1.82, 2.24) is 15.3 Å². The summed E-state index contributed by atoms with van der Waals surface area (Å²) in [7, 11) is 0. The number of nitrogens with one attached hydrogen (secondary N) is 1. The van der Waals surface area contributed by atoms with Gasteiger partial charge in [-0.15, -0.1) is 0 Å². The van der Waals surface area contributed by atoms with E-state index in [0.29, 0.717) is 32.7 Å². The zero-order valence-electron chi connectivity index (χ0n) is 10.7. The Morgan fingerprint density at radius 2 is 2.00 bits per heavy atom. The van der Waals surface area contributed by atoms with E-state index in [1.807, 2.05) is 6.92 Å². The van der Waals surface area contributed by atoms with Gasteiger partial charge in [-0.3, -0.25) is 4.98 Å². The molecule has 0 spiro atoms. The van der Waals surface area contributed by atoms with Crippen molar-refractivity contribution < 1.29 is 4.74 Å². The van der Waals surface area contributed by atoms with Gasteiger partial charge >= 0.3 is 0 Å². The van der Waals surface area contributed by atoms with E-state index in [-0.39, 0.29) is 0 Å². The summed E-state index contributed by atoms with van der Waals surface area (Å²) >= 11 is 15.4. The third kappa shape index (κ3) is 4.06. The third-order valence-electron chi connectivity index (χ3n) is 2.43. The summed E-state index contributed by atoms with van der Waals surface area (Å²) in [6, 6.07) is 3.30. The van der Waals surface area contributed by atoms with Crippen LogP contribution < -0.4 is 10.1 Å². The Bertz CT molecular complexity index is 593. The number of benzene rings is 1. The molecule has 2 rings (SSSR count). The minimum Gasteiger partial charge on any atom is -0.436 e. The highest BCUT2D eigenvalue weighted by Gasteiger charge is 2.09. The van der Waals surface area contributed by atoms with Gasteiger partial charge in [-0.2, -0.15) is 0 Å². The smallest absolute Gasteiger partial charge is 0.237 e. The number of halogens is 3. The zero-order chi connectivity index (χ0) is 14.5. The van der Waals surface area contributed by atoms with Gasteiger partial charge in [0.1, 0.15) is 5.75 Å². The molecule has 2 aromatic rings. The molecule has 106 valence electrons. The second-order valence-electron chi connectivity index (χ2n) is 3.93. The number of hydrogen-bond donors (Lipinski definition) is 1. The number of hydrogen-bond acceptors (Lipinski definition) is 4. The molecule has 0 unspecified atom stereocenters. The maximum atomic E-state index is 6.08. The van der Waals surface area contributed by atoms with E-state index in [2.05, 4.69) is 31.2 Å². The van der Waals surface area contributed by atoms with E-state index >= 15 is 0 Å². The van der Waals surface area contributed by atoms with Crippen LogP contribution in [0, 0.1) is 0 Å². The van der Waals surface area contributed by atoms with E-state index < -0.39 is 0 Å². The van der Waals surface area contributed by atoms with Crippen LogP contribution in [0.25, 0.3) is 0 Å². The number of aromatic nitrogens is 2. The van der Waals surface area contributed by atoms with Crippen molar-refractivity contribution in [2.45, 2.75) is 13.5 Å². The van der Waals surface area contributed by atoms with Crippen molar-refractivity contribution in [3.8, 4) is 11.6 Å². The molecular formula is C13H12BrCl2N3O. The lowest BCUT2D eigenvalue weighted by Crippen LogP contribution is -2.13. The Kier molecular flexibility index (Phi) is 5.60. The fraction of sp³-hybridized carbons (Fsp3) is 0.231. The van der Waals surface area contributed by atoms with Gasteiger partial charge in [-0.25, -0.2) is 4.98 Å². The molecule has 1 N–H and O–H groups in total. The highest BCUT2D eigenvalue weighted by Crippen LogP contribution is 2.35. The van der Waals surface area contributed by atoms with Gasteiger partial charge in [0, 0.05) is 17.1 Å². The molecule has 0 atom stereocenters. The molecule has 1 heterocycles. The first-order valence-electron chi connectivity index (χ1n) is 5.94. The van der Waals surface area contributed by atoms with Crippen LogP contribution in [0.15, 0.2) is 29.0 Å². The van der Waals surface area contributed by atoms with Gasteiger partial charge < -0.3 is 10.1 Å². The van der Waals surface area contributed by atoms with Gasteiger partial charge in [0.2, 0.25) is 5.88 Å². The molecule has 0 saturated heterocycles. The largest absolute Gasteiger partial charge is 0.436 e. The molecule has 0 aliphatic rings. The SMILES string of the molecule is CCNCc1cnc(Oc2cc(Cl)c(Br)cc2Cl)cn1. The van der Waals surface area contributed by atoms with Crippen molar-refractivity contribution in [3.05, 3.63) is 44.7 Å². The van der Waals surface area contributed by atoms with Crippen molar-refractivity contribution in [3.63, 3.8) is 0 Å². The Balaban J connectivity index is 2.12. The fourth-order valence-electron chi connectivity index (χ4n) is 1.44. The minimum atomic E-state index is 0.366. The summed E-state index contributed by atoms with van der Waals surface area (Å²) in [5.74, 6) is 0.805. The van der Waals surface area contributed by atoms with Crippen LogP contribution in [-0.2, 0) is 6.54 Å². The molecule has 0 fully saturated rings. The summed E-state index contributed by atoms with van der Waals surface area (Å²) in [6.45, 7) is 3.59. The third-order valence-corrected chi connectivity index (χ3v) is 3.92. The molecule has 7 heteroatoms. The van der Waals surface area contributed by atoms with Crippen LogP contribution in [0.1, 0.15) is 12.6 Å². The summed E-state index contributed by atoms with van der Waals surface area (Å²) in [6.07, 6.45) is 3.21. The van der Waals surface area contributed by atoms with Gasteiger partial charge in [0.15, 0.2) is 0 Å². The molecule has 0 saturated carbocycles. The lowest BCUT2D eigenvalue weighted by Gasteiger charge is -2.08. The summed E-state index contributed by atoms with van der Waals surface area (Å²) in [4.78, 5) is 8.43. The molecule has 1 aromatic heterocycles. The first-order chi connectivity index (χ1) is 9.60. The summed E-state index contributed by atoms with van der Waals surface area (Å²) < 4.78 is 6.28. The maximum absolute atomic E-state index is 6.08. The second-order valence-corrected chi connectivity index (χ2v) is 5.59. The van der Waals surface area contributed by atoms with Crippen LogP contribution in [0.3, 0.4) is 0 Å². The molecule has 20 heavy (non-hydrogen) atoms. The Morgan fingerprint density at radius 1 is 1.20 bits per heavy atom. The molecule has 0 bridgehead atoms. The monoisotopic (exact) mass is 375 g/mol. The molecule has 0 aliphatic carbocycles. The lowest BCUT2D eigenvalue weighted by molar-refractivity contribution is 0.459. The normalized spacial score (nSPS) is 10.6. The summed E-state index contributed by atoms with van der Waals surface area (Å²) in [5.41, 5.74) is 0.846. The van der Waals surface area contributed by atoms with Crippen LogP contribution in [0.4, 0.5) is 0 Å². The van der Waals surface area contributed by atoms with Crippen molar-refractivity contribution in [1.29, 1.82) is 0 Å². The van der Waals surface area contributed by atoms with Crippen molar-refractivity contribution in [2.24, 2.45) is 0 Å². The average molecular weight is 377 g/mol. The molecular weight excluding hydrogens is 365 g/mol. The zero-order valence-corrected chi connectivity index (χ0v) is 13.8. The van der Waals surface area contributed by atoms with Gasteiger partial charge in [0.05, 0.1) is 28.1 Å². The average Bonchev–Trinajstić information content (AvgIpc) is 2.44. The molecule has 0 amide bonds. The van der Waals surface area contributed by atoms with Crippen molar-refractivity contribution in [2.75, 3.05) is 6.54 Å². The number of ether oxygens (including phenoxy) is 1. The quantitative estimate of drug-likeness (QED) is 0.783. The van der Waals surface area contributed by atoms with E-state index in [4.69, 9.17) is 27.9 Å². The van der Waals surface area contributed by atoms with E-state index in [0.717, 1.165) is 12.2 Å². The van der Waals surface area contributed by atoms with Gasteiger partial charge in [-0.1, -0.05) is 30.1 Å². The van der Waals surface area contributed by atoms with Gasteiger partial charge in [-0.05, 0) is 28.5 Å². The van der Waals surface area contributed by atoms with E-state index in [9.17, 15) is 0 Å². The second kappa shape index (κ2) is 7.22. The molecule has 0 radical (unpaired) electrons. The topological polar surface area (TPSA) is 47.0 Å². The van der Waals surface area contributed by atoms with Gasteiger partial charge in [0.25, 0.3) is 0 Å². The molecule has 0 aliphatic heterocycles. The van der Waals surface area contributed by atoms with Crippen LogP contribution in [-0.4, -0.2) is 16.5 Å². The summed E-state index contributed by atoms with van der Waals surface area (Å²) in [5, 5.41) is 4.13. The Labute approximate surface area is 135 Å². The number of rotatable bonds is 5. The predicted molar refractivity (Wildman–Crippen MR) is 83.6 cm³/mol. The minimum absolute atomic E-state index is 0.366. The lowest BCUT2D eigenvalue weighted by atomic mass is 10.3. The maximum Gasteiger partial charge on any atom is 0.237 e. The van der Waals surface area contributed by atoms with Crippen LogP contribution >= 0.6 is 39.1 Å². The standard InChI is InChI=1S/C13H12BrCl2N3O/c1-2-17-5-8-6-19-13(7-18-8)20-12-4-10(15)9(14)3-11(12)16/h3-4,6-7,17H,2,5H2,1H3. The van der Waals surface area contributed by atoms with Crippen molar-refractivity contribution >= 4 is 39.1 Å². The molecule has 1 aromatic carbocycles. The number of nitrogens with zero attached hydrogens (tertiary/aromatic N) is 2. The Morgan fingerprint density at radius 3 is 2.65 bits per heavy atom. The highest BCUT2D eigenvalue weighted by atomic mass is 79.9. The first kappa shape index (κ1) is 15.5. The van der Waals surface area contributed by atoms with E-state index in [1.165, 1.54) is 0 Å². The fourth-order valence-corrected chi connectivity index (χ4v) is 2.27. The predicted octanol–water partition coefficient (Wildman–Crippen LogP) is 4.45. The van der Waals surface area contributed by atoms with Crippen LogP contribution in [0.5, 0.6) is 11.6 Å². The molecule has 4 nitrogen and oxygen atoms in total.